The van der Waals surface area contributed by atoms with Gasteiger partial charge in [-0.25, -0.2) is 0 Å². The molecule has 2 unspecified atom stereocenters. The van der Waals surface area contributed by atoms with Crippen molar-refractivity contribution in [2.45, 2.75) is 51.7 Å². The highest BCUT2D eigenvalue weighted by Crippen LogP contribution is 2.37. The monoisotopic (exact) mass is 289 g/mol. The Morgan fingerprint density at radius 3 is 2.60 bits per heavy atom. The maximum absolute atomic E-state index is 12.7. The van der Waals surface area contributed by atoms with Crippen molar-refractivity contribution in [3.8, 4) is 0 Å². The number of hydrogen-bond acceptors (Lipinski definition) is 2. The quantitative estimate of drug-likeness (QED) is 0.879. The average Bonchev–Trinajstić information content (AvgIpc) is 2.68. The number of carbonyl (C=O) groups is 1. The number of aromatic amines is 1. The zero-order valence-corrected chi connectivity index (χ0v) is 11.5. The van der Waals surface area contributed by atoms with Crippen molar-refractivity contribution in [3.63, 3.8) is 0 Å². The SMILES string of the molecule is Cc1n[nH]c(C)c1C(=O)NC1CCCC(C(F)(F)F)C1. The lowest BCUT2D eigenvalue weighted by Gasteiger charge is -2.31. The molecule has 2 rings (SSSR count). The van der Waals surface area contributed by atoms with Crippen LogP contribution in [0.25, 0.3) is 0 Å². The van der Waals surface area contributed by atoms with E-state index in [1.165, 1.54) is 0 Å². The van der Waals surface area contributed by atoms with Crippen LogP contribution in [0.15, 0.2) is 0 Å². The van der Waals surface area contributed by atoms with Crippen LogP contribution in [0.2, 0.25) is 0 Å². The molecule has 1 aromatic heterocycles. The second-order valence-electron chi connectivity index (χ2n) is 5.38. The van der Waals surface area contributed by atoms with Crippen LogP contribution in [0.3, 0.4) is 0 Å². The number of nitrogens with zero attached hydrogens (tertiary/aromatic N) is 1. The van der Waals surface area contributed by atoms with Gasteiger partial charge in [0.1, 0.15) is 0 Å². The third-order valence-corrected chi connectivity index (χ3v) is 3.83. The summed E-state index contributed by atoms with van der Waals surface area (Å²) < 4.78 is 38.2. The smallest absolute Gasteiger partial charge is 0.349 e. The molecule has 7 heteroatoms. The van der Waals surface area contributed by atoms with Crippen molar-refractivity contribution in [2.24, 2.45) is 5.92 Å². The van der Waals surface area contributed by atoms with Gasteiger partial charge >= 0.3 is 6.18 Å². The molecule has 1 saturated carbocycles. The number of carbonyl (C=O) groups excluding carboxylic acids is 1. The van der Waals surface area contributed by atoms with Gasteiger partial charge in [-0.15, -0.1) is 0 Å². The summed E-state index contributed by atoms with van der Waals surface area (Å²) in [5, 5.41) is 9.32. The van der Waals surface area contributed by atoms with Crippen LogP contribution in [0.4, 0.5) is 13.2 Å². The van der Waals surface area contributed by atoms with Gasteiger partial charge in [-0.3, -0.25) is 9.89 Å². The Bertz CT molecular complexity index is 476. The van der Waals surface area contributed by atoms with Gasteiger partial charge in [0.15, 0.2) is 0 Å². The molecule has 0 radical (unpaired) electrons. The molecule has 1 fully saturated rings. The molecular weight excluding hydrogens is 271 g/mol. The fourth-order valence-electron chi connectivity index (χ4n) is 2.76. The predicted octanol–water partition coefficient (Wildman–Crippen LogP) is 2.88. The van der Waals surface area contributed by atoms with Crippen molar-refractivity contribution >= 4 is 5.91 Å². The summed E-state index contributed by atoms with van der Waals surface area (Å²) in [5.74, 6) is -1.66. The van der Waals surface area contributed by atoms with Crippen molar-refractivity contribution in [1.29, 1.82) is 0 Å². The van der Waals surface area contributed by atoms with Gasteiger partial charge in [0.25, 0.3) is 5.91 Å². The molecule has 1 aliphatic rings. The fraction of sp³-hybridized carbons (Fsp3) is 0.692. The van der Waals surface area contributed by atoms with E-state index in [1.54, 1.807) is 13.8 Å². The third-order valence-electron chi connectivity index (χ3n) is 3.83. The highest BCUT2D eigenvalue weighted by Gasteiger charge is 2.42. The average molecular weight is 289 g/mol. The topological polar surface area (TPSA) is 57.8 Å². The van der Waals surface area contributed by atoms with Crippen LogP contribution in [-0.4, -0.2) is 28.3 Å². The van der Waals surface area contributed by atoms with Crippen LogP contribution in [0.1, 0.15) is 47.4 Å². The van der Waals surface area contributed by atoms with E-state index in [-0.39, 0.29) is 18.7 Å². The minimum absolute atomic E-state index is 0.0365. The summed E-state index contributed by atoms with van der Waals surface area (Å²) in [5.41, 5.74) is 1.62. The minimum Gasteiger partial charge on any atom is -0.349 e. The molecule has 1 aromatic rings. The molecule has 1 heterocycles. The first-order chi connectivity index (χ1) is 9.29. The van der Waals surface area contributed by atoms with E-state index in [1.807, 2.05) is 0 Å². The molecule has 20 heavy (non-hydrogen) atoms. The third kappa shape index (κ3) is 3.13. The number of nitrogens with one attached hydrogen (secondary N) is 2. The number of alkyl halides is 3. The normalized spacial score (nSPS) is 23.6. The molecule has 0 saturated heterocycles. The standard InChI is InChI=1S/C13H18F3N3O/c1-7-11(8(2)19-18-7)12(20)17-10-5-3-4-9(6-10)13(14,15)16/h9-10H,3-6H2,1-2H3,(H,17,20)(H,18,19). The van der Waals surface area contributed by atoms with Gasteiger partial charge in [-0.1, -0.05) is 6.42 Å². The van der Waals surface area contributed by atoms with E-state index in [0.29, 0.717) is 29.8 Å². The summed E-state index contributed by atoms with van der Waals surface area (Å²) in [6.45, 7) is 3.41. The number of H-pyrrole nitrogens is 1. The molecule has 112 valence electrons. The zero-order valence-electron chi connectivity index (χ0n) is 11.5. The van der Waals surface area contributed by atoms with E-state index in [2.05, 4.69) is 15.5 Å². The van der Waals surface area contributed by atoms with E-state index < -0.39 is 18.1 Å². The van der Waals surface area contributed by atoms with Gasteiger partial charge in [-0.2, -0.15) is 18.3 Å². The van der Waals surface area contributed by atoms with Crippen molar-refractivity contribution in [1.82, 2.24) is 15.5 Å². The van der Waals surface area contributed by atoms with Crippen molar-refractivity contribution < 1.29 is 18.0 Å². The summed E-state index contributed by atoms with van der Waals surface area (Å²) in [6, 6.07) is -0.420. The Balaban J connectivity index is 2.02. The number of amides is 1. The first kappa shape index (κ1) is 14.9. The molecular formula is C13H18F3N3O. The lowest BCUT2D eigenvalue weighted by Crippen LogP contribution is -2.41. The summed E-state index contributed by atoms with van der Waals surface area (Å²) in [6.07, 6.45) is -2.98. The predicted molar refractivity (Wildman–Crippen MR) is 67.3 cm³/mol. The minimum atomic E-state index is -4.18. The largest absolute Gasteiger partial charge is 0.391 e. The number of halogens is 3. The fourth-order valence-corrected chi connectivity index (χ4v) is 2.76. The van der Waals surface area contributed by atoms with Gasteiger partial charge in [0, 0.05) is 11.7 Å². The van der Waals surface area contributed by atoms with E-state index >= 15 is 0 Å². The van der Waals surface area contributed by atoms with Gasteiger partial charge < -0.3 is 5.32 Å². The lowest BCUT2D eigenvalue weighted by atomic mass is 9.85. The zero-order chi connectivity index (χ0) is 14.9. The van der Waals surface area contributed by atoms with Crippen LogP contribution in [0, 0.1) is 19.8 Å². The van der Waals surface area contributed by atoms with Gasteiger partial charge in [0.05, 0.1) is 17.2 Å². The molecule has 4 nitrogen and oxygen atoms in total. The van der Waals surface area contributed by atoms with Crippen molar-refractivity contribution in [3.05, 3.63) is 17.0 Å². The Kier molecular flexibility index (Phi) is 4.06. The number of aryl methyl sites for hydroxylation is 2. The van der Waals surface area contributed by atoms with Gasteiger partial charge in [-0.05, 0) is 33.1 Å². The van der Waals surface area contributed by atoms with Crippen LogP contribution in [0.5, 0.6) is 0 Å². The highest BCUT2D eigenvalue weighted by atomic mass is 19.4. The second-order valence-corrected chi connectivity index (χ2v) is 5.38. The Hall–Kier alpha value is -1.53. The maximum Gasteiger partial charge on any atom is 0.391 e. The van der Waals surface area contributed by atoms with Crippen LogP contribution < -0.4 is 5.32 Å². The Labute approximate surface area is 115 Å². The summed E-state index contributed by atoms with van der Waals surface area (Å²) in [7, 11) is 0. The molecule has 1 amide bonds. The molecule has 0 bridgehead atoms. The first-order valence-electron chi connectivity index (χ1n) is 6.68. The highest BCUT2D eigenvalue weighted by molar-refractivity contribution is 5.96. The van der Waals surface area contributed by atoms with E-state index in [9.17, 15) is 18.0 Å². The second kappa shape index (κ2) is 5.46. The Morgan fingerprint density at radius 2 is 2.05 bits per heavy atom. The number of rotatable bonds is 2. The van der Waals surface area contributed by atoms with Crippen molar-refractivity contribution in [2.75, 3.05) is 0 Å². The molecule has 0 aromatic carbocycles. The number of hydrogen-bond donors (Lipinski definition) is 2. The maximum atomic E-state index is 12.7. The van der Waals surface area contributed by atoms with Crippen LogP contribution >= 0.6 is 0 Å². The first-order valence-corrected chi connectivity index (χ1v) is 6.68. The molecule has 2 atom stereocenters. The molecule has 0 spiro atoms. The Morgan fingerprint density at radius 1 is 1.35 bits per heavy atom. The summed E-state index contributed by atoms with van der Waals surface area (Å²) >= 11 is 0. The van der Waals surface area contributed by atoms with E-state index in [4.69, 9.17) is 0 Å². The van der Waals surface area contributed by atoms with Gasteiger partial charge in [0.2, 0.25) is 0 Å². The molecule has 2 N–H and O–H groups in total. The molecule has 1 aliphatic carbocycles. The van der Waals surface area contributed by atoms with Crippen LogP contribution in [-0.2, 0) is 0 Å². The number of aromatic nitrogens is 2. The molecule has 0 aliphatic heterocycles. The lowest BCUT2D eigenvalue weighted by molar-refractivity contribution is -0.183. The van der Waals surface area contributed by atoms with E-state index in [0.717, 1.165) is 0 Å². The summed E-state index contributed by atoms with van der Waals surface area (Å²) in [4.78, 5) is 12.1.